The Morgan fingerprint density at radius 2 is 1.91 bits per heavy atom. The Kier molecular flexibility index (Phi) is 4.14. The zero-order chi connectivity index (χ0) is 16.6. The lowest BCUT2D eigenvalue weighted by Crippen LogP contribution is -2.67. The van der Waals surface area contributed by atoms with Crippen molar-refractivity contribution in [2.45, 2.75) is 55.5 Å². The Balaban J connectivity index is 1.83. The maximum Gasteiger partial charge on any atom is 0.327 e. The van der Waals surface area contributed by atoms with E-state index in [0.717, 1.165) is 25.7 Å². The number of sulfonamides is 1. The first kappa shape index (κ1) is 16.3. The number of nitrogens with zero attached hydrogens (tertiary/aromatic N) is 2. The van der Waals surface area contributed by atoms with Crippen LogP contribution in [0, 0.1) is 5.41 Å². The van der Waals surface area contributed by atoms with E-state index in [2.05, 4.69) is 14.7 Å². The molecule has 0 unspecified atom stereocenters. The molecule has 2 fully saturated rings. The van der Waals surface area contributed by atoms with E-state index in [1.165, 1.54) is 32.1 Å². The minimum Gasteiger partial charge on any atom is -0.468 e. The number of rotatable bonds is 4. The smallest absolute Gasteiger partial charge is 0.327 e. The van der Waals surface area contributed by atoms with Gasteiger partial charge in [0.1, 0.15) is 5.54 Å². The maximum atomic E-state index is 12.5. The molecular formula is C15H21N3O4S. The van der Waals surface area contributed by atoms with E-state index in [1.54, 1.807) is 0 Å². The molecule has 2 aliphatic carbocycles. The molecule has 1 aromatic rings. The molecule has 0 radical (unpaired) electrons. The van der Waals surface area contributed by atoms with Crippen LogP contribution in [0.5, 0.6) is 0 Å². The molecule has 1 N–H and O–H groups in total. The number of ether oxygens (including phenoxy) is 1. The maximum absolute atomic E-state index is 12.5. The fourth-order valence-corrected chi connectivity index (χ4v) is 5.32. The van der Waals surface area contributed by atoms with Crippen molar-refractivity contribution in [3.05, 3.63) is 18.6 Å². The normalized spacial score (nSPS) is 22.3. The standard InChI is InChI=1S/C15H21N3O4S/c1-22-13(19)15(10-14(11-15)5-3-2-4-6-14)18-23(20,21)12-9-16-7-8-17-12/h7-9,18H,2-6,10-11H2,1H3. The first-order chi connectivity index (χ1) is 10.9. The zero-order valence-corrected chi connectivity index (χ0v) is 13.9. The van der Waals surface area contributed by atoms with Gasteiger partial charge in [0.15, 0.2) is 5.03 Å². The number of methoxy groups -OCH3 is 1. The second kappa shape index (κ2) is 5.83. The monoisotopic (exact) mass is 339 g/mol. The quantitative estimate of drug-likeness (QED) is 0.833. The molecule has 8 heteroatoms. The van der Waals surface area contributed by atoms with Gasteiger partial charge in [-0.15, -0.1) is 0 Å². The number of esters is 1. The third-order valence-electron chi connectivity index (χ3n) is 4.99. The minimum atomic E-state index is -3.91. The predicted molar refractivity (Wildman–Crippen MR) is 81.9 cm³/mol. The van der Waals surface area contributed by atoms with Crippen LogP contribution in [0.2, 0.25) is 0 Å². The summed E-state index contributed by atoms with van der Waals surface area (Å²) in [4.78, 5) is 19.9. The lowest BCUT2D eigenvalue weighted by molar-refractivity contribution is -0.160. The van der Waals surface area contributed by atoms with Gasteiger partial charge >= 0.3 is 5.97 Å². The van der Waals surface area contributed by atoms with Crippen molar-refractivity contribution >= 4 is 16.0 Å². The van der Waals surface area contributed by atoms with Gasteiger partial charge in [0.05, 0.1) is 13.3 Å². The van der Waals surface area contributed by atoms with E-state index < -0.39 is 21.5 Å². The van der Waals surface area contributed by atoms with E-state index in [-0.39, 0.29) is 10.4 Å². The number of aromatic nitrogens is 2. The number of hydrogen-bond acceptors (Lipinski definition) is 6. The molecule has 126 valence electrons. The SMILES string of the molecule is COC(=O)C1(NS(=O)(=O)c2cnccn2)CC2(CCCCC2)C1. The summed E-state index contributed by atoms with van der Waals surface area (Å²) in [6, 6.07) is 0. The van der Waals surface area contributed by atoms with Gasteiger partial charge in [-0.3, -0.25) is 9.78 Å². The summed E-state index contributed by atoms with van der Waals surface area (Å²) in [5.41, 5.74) is -1.11. The van der Waals surface area contributed by atoms with E-state index in [1.807, 2.05) is 0 Å². The summed E-state index contributed by atoms with van der Waals surface area (Å²) in [5.74, 6) is -0.527. The molecule has 0 aliphatic heterocycles. The summed E-state index contributed by atoms with van der Waals surface area (Å²) in [6.07, 6.45) is 10.4. The van der Waals surface area contributed by atoms with E-state index >= 15 is 0 Å². The predicted octanol–water partition coefficient (Wildman–Crippen LogP) is 1.41. The van der Waals surface area contributed by atoms with E-state index in [0.29, 0.717) is 12.8 Å². The summed E-state index contributed by atoms with van der Waals surface area (Å²) >= 11 is 0. The number of carbonyl (C=O) groups excluding carboxylic acids is 1. The molecule has 3 rings (SSSR count). The second-order valence-corrected chi connectivity index (χ2v) is 8.27. The molecular weight excluding hydrogens is 318 g/mol. The van der Waals surface area contributed by atoms with Crippen LogP contribution >= 0.6 is 0 Å². The third kappa shape index (κ3) is 2.97. The van der Waals surface area contributed by atoms with Crippen LogP contribution in [0.15, 0.2) is 23.6 Å². The van der Waals surface area contributed by atoms with Crippen LogP contribution in [-0.2, 0) is 19.6 Å². The fraction of sp³-hybridized carbons (Fsp3) is 0.667. The van der Waals surface area contributed by atoms with Crippen LogP contribution in [0.25, 0.3) is 0 Å². The highest BCUT2D eigenvalue weighted by Crippen LogP contribution is 2.57. The van der Waals surface area contributed by atoms with Gasteiger partial charge < -0.3 is 4.74 Å². The lowest BCUT2D eigenvalue weighted by atomic mass is 9.52. The van der Waals surface area contributed by atoms with Gasteiger partial charge in [0.2, 0.25) is 0 Å². The average Bonchev–Trinajstić information content (AvgIpc) is 2.54. The Morgan fingerprint density at radius 1 is 1.22 bits per heavy atom. The topological polar surface area (TPSA) is 98.2 Å². The number of nitrogens with one attached hydrogen (secondary N) is 1. The van der Waals surface area contributed by atoms with Crippen LogP contribution in [0.1, 0.15) is 44.9 Å². The third-order valence-corrected chi connectivity index (χ3v) is 6.41. The second-order valence-electron chi connectivity index (χ2n) is 6.64. The summed E-state index contributed by atoms with van der Waals surface area (Å²) in [7, 11) is -2.63. The largest absolute Gasteiger partial charge is 0.468 e. The van der Waals surface area contributed by atoms with Gasteiger partial charge in [-0.05, 0) is 31.1 Å². The number of carbonyl (C=O) groups is 1. The van der Waals surface area contributed by atoms with Gasteiger partial charge in [-0.2, -0.15) is 4.72 Å². The molecule has 0 amide bonds. The van der Waals surface area contributed by atoms with Crippen molar-refractivity contribution < 1.29 is 17.9 Å². The highest BCUT2D eigenvalue weighted by Gasteiger charge is 2.61. The molecule has 2 aliphatic rings. The van der Waals surface area contributed by atoms with Crippen molar-refractivity contribution in [2.75, 3.05) is 7.11 Å². The van der Waals surface area contributed by atoms with E-state index in [4.69, 9.17) is 4.74 Å². The minimum absolute atomic E-state index is 0.0668. The van der Waals surface area contributed by atoms with Crippen molar-refractivity contribution in [1.82, 2.24) is 14.7 Å². The summed E-state index contributed by atoms with van der Waals surface area (Å²) < 4.78 is 32.4. The average molecular weight is 339 g/mol. The molecule has 7 nitrogen and oxygen atoms in total. The van der Waals surface area contributed by atoms with Crippen LogP contribution < -0.4 is 4.72 Å². The first-order valence-corrected chi connectivity index (χ1v) is 9.28. The van der Waals surface area contributed by atoms with Gasteiger partial charge in [-0.25, -0.2) is 13.4 Å². The summed E-state index contributed by atoms with van der Waals surface area (Å²) in [6.45, 7) is 0. The molecule has 1 spiro atoms. The van der Waals surface area contributed by atoms with Crippen molar-refractivity contribution in [1.29, 1.82) is 0 Å². The van der Waals surface area contributed by atoms with Crippen LogP contribution in [-0.4, -0.2) is 37.0 Å². The Bertz CT molecular complexity index is 676. The fourth-order valence-electron chi connectivity index (χ4n) is 4.07. The molecule has 0 saturated heterocycles. The van der Waals surface area contributed by atoms with Gasteiger partial charge in [0, 0.05) is 12.4 Å². The Hall–Kier alpha value is -1.54. The molecule has 2 saturated carbocycles. The molecule has 1 aromatic heterocycles. The van der Waals surface area contributed by atoms with Crippen molar-refractivity contribution in [2.24, 2.45) is 5.41 Å². The first-order valence-electron chi connectivity index (χ1n) is 7.80. The molecule has 1 heterocycles. The zero-order valence-electron chi connectivity index (χ0n) is 13.1. The van der Waals surface area contributed by atoms with Crippen molar-refractivity contribution in [3.63, 3.8) is 0 Å². The van der Waals surface area contributed by atoms with Crippen molar-refractivity contribution in [3.8, 4) is 0 Å². The molecule has 0 atom stereocenters. The highest BCUT2D eigenvalue weighted by atomic mass is 32.2. The molecule has 0 bridgehead atoms. The molecule has 23 heavy (non-hydrogen) atoms. The Labute approximate surface area is 135 Å². The molecule has 0 aromatic carbocycles. The lowest BCUT2D eigenvalue weighted by Gasteiger charge is -2.56. The highest BCUT2D eigenvalue weighted by molar-refractivity contribution is 7.89. The van der Waals surface area contributed by atoms with Gasteiger partial charge in [0.25, 0.3) is 10.0 Å². The van der Waals surface area contributed by atoms with Gasteiger partial charge in [-0.1, -0.05) is 19.3 Å². The van der Waals surface area contributed by atoms with Crippen LogP contribution in [0.4, 0.5) is 0 Å². The number of hydrogen-bond donors (Lipinski definition) is 1. The Morgan fingerprint density at radius 3 is 2.48 bits per heavy atom. The summed E-state index contributed by atoms with van der Waals surface area (Å²) in [5, 5.41) is -0.187. The van der Waals surface area contributed by atoms with E-state index in [9.17, 15) is 13.2 Å². The van der Waals surface area contributed by atoms with Crippen LogP contribution in [0.3, 0.4) is 0 Å².